The van der Waals surface area contributed by atoms with Gasteiger partial charge in [-0.1, -0.05) is 12.1 Å². The van der Waals surface area contributed by atoms with Gasteiger partial charge in [-0.3, -0.25) is 14.2 Å². The SMILES string of the molecule is C=CCNC(=O)Cn1c(C(=O)O)cccc1=O. The highest BCUT2D eigenvalue weighted by Crippen LogP contribution is 1.96. The fraction of sp³-hybridized carbons (Fsp3) is 0.182. The zero-order valence-electron chi connectivity index (χ0n) is 9.05. The standard InChI is InChI=1S/C11H12N2O4/c1-2-6-12-9(14)7-13-8(11(16)17)4-3-5-10(13)15/h2-5H,1,6-7H2,(H,12,14)(H,16,17). The Hall–Kier alpha value is -2.37. The van der Waals surface area contributed by atoms with E-state index in [0.29, 0.717) is 0 Å². The minimum atomic E-state index is -1.25. The van der Waals surface area contributed by atoms with Crippen LogP contribution in [0, 0.1) is 0 Å². The van der Waals surface area contributed by atoms with Crippen LogP contribution in [-0.4, -0.2) is 28.1 Å². The van der Waals surface area contributed by atoms with Crippen LogP contribution in [0.15, 0.2) is 35.6 Å². The molecule has 0 saturated carbocycles. The summed E-state index contributed by atoms with van der Waals surface area (Å²) in [6, 6.07) is 3.81. The van der Waals surface area contributed by atoms with Gasteiger partial charge in [-0.15, -0.1) is 6.58 Å². The molecule has 0 atom stereocenters. The second-order valence-corrected chi connectivity index (χ2v) is 3.23. The van der Waals surface area contributed by atoms with E-state index in [1.165, 1.54) is 24.3 Å². The quantitative estimate of drug-likeness (QED) is 0.696. The first-order chi connectivity index (χ1) is 8.06. The summed E-state index contributed by atoms with van der Waals surface area (Å²) in [4.78, 5) is 33.7. The van der Waals surface area contributed by atoms with Crippen molar-refractivity contribution in [2.24, 2.45) is 0 Å². The maximum atomic E-state index is 11.5. The van der Waals surface area contributed by atoms with Crippen LogP contribution < -0.4 is 10.9 Å². The second kappa shape index (κ2) is 5.64. The smallest absolute Gasteiger partial charge is 0.352 e. The number of carbonyl (C=O) groups excluding carboxylic acids is 1. The van der Waals surface area contributed by atoms with Crippen molar-refractivity contribution in [3.8, 4) is 0 Å². The van der Waals surface area contributed by atoms with E-state index in [9.17, 15) is 14.4 Å². The number of nitrogens with zero attached hydrogens (tertiary/aromatic N) is 1. The molecule has 0 bridgehead atoms. The van der Waals surface area contributed by atoms with Crippen molar-refractivity contribution in [2.45, 2.75) is 6.54 Å². The molecule has 0 aromatic carbocycles. The summed E-state index contributed by atoms with van der Waals surface area (Å²) < 4.78 is 0.904. The molecular formula is C11H12N2O4. The zero-order valence-corrected chi connectivity index (χ0v) is 9.05. The van der Waals surface area contributed by atoms with E-state index in [4.69, 9.17) is 5.11 Å². The number of carbonyl (C=O) groups is 2. The lowest BCUT2D eigenvalue weighted by Crippen LogP contribution is -2.34. The number of carboxylic acids is 1. The molecule has 90 valence electrons. The lowest BCUT2D eigenvalue weighted by atomic mass is 10.3. The highest BCUT2D eigenvalue weighted by molar-refractivity contribution is 5.86. The van der Waals surface area contributed by atoms with Crippen LogP contribution in [0.5, 0.6) is 0 Å². The minimum Gasteiger partial charge on any atom is -0.477 e. The molecule has 0 fully saturated rings. The summed E-state index contributed by atoms with van der Waals surface area (Å²) in [5.41, 5.74) is -0.745. The van der Waals surface area contributed by atoms with Gasteiger partial charge in [0.25, 0.3) is 5.56 Å². The molecule has 0 unspecified atom stereocenters. The molecule has 0 aliphatic rings. The molecule has 1 aromatic rings. The first-order valence-corrected chi connectivity index (χ1v) is 4.87. The molecule has 6 heteroatoms. The maximum Gasteiger partial charge on any atom is 0.352 e. The van der Waals surface area contributed by atoms with Crippen LogP contribution in [-0.2, 0) is 11.3 Å². The molecular weight excluding hydrogens is 224 g/mol. The second-order valence-electron chi connectivity index (χ2n) is 3.23. The summed E-state index contributed by atoms with van der Waals surface area (Å²) in [6.07, 6.45) is 1.49. The molecule has 0 aliphatic carbocycles. The van der Waals surface area contributed by atoms with Crippen LogP contribution in [0.4, 0.5) is 0 Å². The van der Waals surface area contributed by atoms with Gasteiger partial charge in [0, 0.05) is 12.6 Å². The van der Waals surface area contributed by atoms with Crippen LogP contribution >= 0.6 is 0 Å². The van der Waals surface area contributed by atoms with Crippen LogP contribution in [0.25, 0.3) is 0 Å². The Morgan fingerprint density at radius 2 is 2.18 bits per heavy atom. The van der Waals surface area contributed by atoms with Crippen molar-refractivity contribution in [3.05, 3.63) is 46.9 Å². The molecule has 2 N–H and O–H groups in total. The van der Waals surface area contributed by atoms with E-state index in [1.54, 1.807) is 0 Å². The summed E-state index contributed by atoms with van der Waals surface area (Å²) in [7, 11) is 0. The summed E-state index contributed by atoms with van der Waals surface area (Å²) in [5, 5.41) is 11.3. The minimum absolute atomic E-state index is 0.216. The summed E-state index contributed by atoms with van der Waals surface area (Å²) in [6.45, 7) is 3.37. The third-order valence-electron chi connectivity index (χ3n) is 2.01. The maximum absolute atomic E-state index is 11.5. The lowest BCUT2D eigenvalue weighted by Gasteiger charge is -2.08. The molecule has 1 aromatic heterocycles. The first kappa shape index (κ1) is 12.7. The van der Waals surface area contributed by atoms with Gasteiger partial charge in [-0.25, -0.2) is 4.79 Å². The van der Waals surface area contributed by atoms with E-state index in [2.05, 4.69) is 11.9 Å². The molecule has 0 spiro atoms. The summed E-state index contributed by atoms with van der Waals surface area (Å²) >= 11 is 0. The van der Waals surface area contributed by atoms with E-state index < -0.39 is 17.4 Å². The largest absolute Gasteiger partial charge is 0.477 e. The monoisotopic (exact) mass is 236 g/mol. The highest BCUT2D eigenvalue weighted by Gasteiger charge is 2.12. The Morgan fingerprint density at radius 1 is 1.47 bits per heavy atom. The summed E-state index contributed by atoms with van der Waals surface area (Å²) in [5.74, 6) is -1.69. The molecule has 6 nitrogen and oxygen atoms in total. The molecule has 1 amide bonds. The van der Waals surface area contributed by atoms with Gasteiger partial charge in [0.2, 0.25) is 5.91 Å². The molecule has 1 heterocycles. The Balaban J connectivity index is 2.97. The Morgan fingerprint density at radius 3 is 2.76 bits per heavy atom. The number of aromatic nitrogens is 1. The van der Waals surface area contributed by atoms with E-state index in [1.807, 2.05) is 0 Å². The van der Waals surface area contributed by atoms with E-state index in [-0.39, 0.29) is 18.8 Å². The molecule has 17 heavy (non-hydrogen) atoms. The number of rotatable bonds is 5. The number of amides is 1. The van der Waals surface area contributed by atoms with Crippen molar-refractivity contribution in [2.75, 3.05) is 6.54 Å². The molecule has 0 aliphatic heterocycles. The molecule has 0 radical (unpaired) electrons. The van der Waals surface area contributed by atoms with Gasteiger partial charge in [-0.05, 0) is 6.07 Å². The number of hydrogen-bond donors (Lipinski definition) is 2. The zero-order chi connectivity index (χ0) is 12.8. The number of nitrogens with one attached hydrogen (secondary N) is 1. The number of pyridine rings is 1. The van der Waals surface area contributed by atoms with Gasteiger partial charge in [0.05, 0.1) is 0 Å². The molecule has 1 rings (SSSR count). The van der Waals surface area contributed by atoms with E-state index in [0.717, 1.165) is 4.57 Å². The number of carboxylic acid groups (broad SMARTS) is 1. The predicted octanol–water partition coefficient (Wildman–Crippen LogP) is -0.151. The normalized spacial score (nSPS) is 9.65. The molecule has 0 saturated heterocycles. The van der Waals surface area contributed by atoms with Gasteiger partial charge < -0.3 is 10.4 Å². The lowest BCUT2D eigenvalue weighted by molar-refractivity contribution is -0.121. The predicted molar refractivity (Wildman–Crippen MR) is 60.9 cm³/mol. The fourth-order valence-electron chi connectivity index (χ4n) is 1.26. The van der Waals surface area contributed by atoms with Crippen molar-refractivity contribution in [3.63, 3.8) is 0 Å². The highest BCUT2D eigenvalue weighted by atomic mass is 16.4. The van der Waals surface area contributed by atoms with Crippen LogP contribution in [0.1, 0.15) is 10.5 Å². The van der Waals surface area contributed by atoms with Crippen molar-refractivity contribution in [1.29, 1.82) is 0 Å². The topological polar surface area (TPSA) is 88.4 Å². The van der Waals surface area contributed by atoms with Crippen LogP contribution in [0.2, 0.25) is 0 Å². The Labute approximate surface area is 97.2 Å². The van der Waals surface area contributed by atoms with Crippen LogP contribution in [0.3, 0.4) is 0 Å². The Bertz CT molecular complexity index is 504. The average Bonchev–Trinajstić information content (AvgIpc) is 2.28. The van der Waals surface area contributed by atoms with Gasteiger partial charge >= 0.3 is 5.97 Å². The van der Waals surface area contributed by atoms with Gasteiger partial charge in [0.15, 0.2) is 0 Å². The van der Waals surface area contributed by atoms with Crippen molar-refractivity contribution < 1.29 is 14.7 Å². The fourth-order valence-corrected chi connectivity index (χ4v) is 1.26. The first-order valence-electron chi connectivity index (χ1n) is 4.87. The van der Waals surface area contributed by atoms with Crippen molar-refractivity contribution in [1.82, 2.24) is 9.88 Å². The van der Waals surface area contributed by atoms with E-state index >= 15 is 0 Å². The van der Waals surface area contributed by atoms with Gasteiger partial charge in [-0.2, -0.15) is 0 Å². The number of aromatic carboxylic acids is 1. The number of hydrogen-bond acceptors (Lipinski definition) is 3. The third-order valence-corrected chi connectivity index (χ3v) is 2.01. The Kier molecular flexibility index (Phi) is 4.21. The third kappa shape index (κ3) is 3.30. The van der Waals surface area contributed by atoms with Crippen molar-refractivity contribution >= 4 is 11.9 Å². The average molecular weight is 236 g/mol. The van der Waals surface area contributed by atoms with Gasteiger partial charge in [0.1, 0.15) is 12.2 Å².